The van der Waals surface area contributed by atoms with E-state index < -0.39 is 10.0 Å². The summed E-state index contributed by atoms with van der Waals surface area (Å²) in [6, 6.07) is 12.9. The molecule has 0 amide bonds. The molecule has 0 unspecified atom stereocenters. The van der Waals surface area contributed by atoms with Gasteiger partial charge in [0.15, 0.2) is 0 Å². The van der Waals surface area contributed by atoms with Gasteiger partial charge in [0.2, 0.25) is 0 Å². The maximum absolute atomic E-state index is 11.9. The van der Waals surface area contributed by atoms with E-state index in [0.29, 0.717) is 5.69 Å². The third-order valence-corrected chi connectivity index (χ3v) is 3.93. The molecule has 6 nitrogen and oxygen atoms in total. The van der Waals surface area contributed by atoms with Gasteiger partial charge >= 0.3 is 0 Å². The molecular formula is C14H15N3O3S. The van der Waals surface area contributed by atoms with Crippen LogP contribution in [0.2, 0.25) is 0 Å². The van der Waals surface area contributed by atoms with Crippen LogP contribution in [0.5, 0.6) is 5.75 Å². The second-order valence-corrected chi connectivity index (χ2v) is 5.86. The second kappa shape index (κ2) is 6.27. The highest BCUT2D eigenvalue weighted by atomic mass is 32.2. The molecule has 2 rings (SSSR count). The maximum atomic E-state index is 11.9. The first-order valence-electron chi connectivity index (χ1n) is 6.06. The summed E-state index contributed by atoms with van der Waals surface area (Å²) in [5, 5.41) is 3.73. The van der Waals surface area contributed by atoms with Gasteiger partial charge in [-0.05, 0) is 54.1 Å². The average molecular weight is 305 g/mol. The Morgan fingerprint density at radius 1 is 1.10 bits per heavy atom. The van der Waals surface area contributed by atoms with Gasteiger partial charge in [0.1, 0.15) is 5.75 Å². The molecule has 0 atom stereocenters. The van der Waals surface area contributed by atoms with Crippen molar-refractivity contribution in [2.75, 3.05) is 12.8 Å². The first-order valence-corrected chi connectivity index (χ1v) is 7.54. The lowest BCUT2D eigenvalue weighted by Crippen LogP contribution is -2.18. The number of methoxy groups -OCH3 is 1. The number of hydrazone groups is 1. The summed E-state index contributed by atoms with van der Waals surface area (Å²) in [5.74, 6) is 0.717. The molecule has 0 aliphatic carbocycles. The Kier molecular flexibility index (Phi) is 4.44. The number of sulfonamides is 1. The predicted octanol–water partition coefficient (Wildman–Crippen LogP) is 1.59. The monoisotopic (exact) mass is 305 g/mol. The summed E-state index contributed by atoms with van der Waals surface area (Å²) in [6.45, 7) is 0. The summed E-state index contributed by atoms with van der Waals surface area (Å²) in [7, 11) is -2.11. The molecule has 0 bridgehead atoms. The van der Waals surface area contributed by atoms with E-state index in [0.717, 1.165) is 11.3 Å². The molecule has 0 spiro atoms. The molecule has 0 saturated heterocycles. The van der Waals surface area contributed by atoms with E-state index >= 15 is 0 Å². The molecule has 0 saturated carbocycles. The number of nitrogens with zero attached hydrogens (tertiary/aromatic N) is 1. The number of benzene rings is 2. The Morgan fingerprint density at radius 2 is 1.71 bits per heavy atom. The Hall–Kier alpha value is -2.54. The average Bonchev–Trinajstić information content (AvgIpc) is 2.48. The van der Waals surface area contributed by atoms with Gasteiger partial charge < -0.3 is 10.5 Å². The molecule has 0 aromatic heterocycles. The number of anilines is 1. The smallest absolute Gasteiger partial charge is 0.276 e. The van der Waals surface area contributed by atoms with Crippen LogP contribution in [-0.4, -0.2) is 21.7 Å². The third kappa shape index (κ3) is 3.96. The summed E-state index contributed by atoms with van der Waals surface area (Å²) in [4.78, 5) is 2.24. The van der Waals surface area contributed by atoms with Crippen molar-refractivity contribution in [1.82, 2.24) is 4.83 Å². The standard InChI is InChI=1S/C14H15N3O3S/c1-20-13-6-2-11(3-7-13)10-16-17-21(18,19)14-8-4-12(15)5-9-14/h2-10,17H,15H2,1H3. The number of hydrogen-bond acceptors (Lipinski definition) is 5. The zero-order chi connectivity index (χ0) is 15.3. The first kappa shape index (κ1) is 14.9. The van der Waals surface area contributed by atoms with E-state index in [-0.39, 0.29) is 4.90 Å². The number of rotatable bonds is 5. The molecular weight excluding hydrogens is 290 g/mol. The predicted molar refractivity (Wildman–Crippen MR) is 81.8 cm³/mol. The number of hydrogen-bond donors (Lipinski definition) is 2. The van der Waals surface area contributed by atoms with Crippen LogP contribution >= 0.6 is 0 Å². The number of nitrogens with one attached hydrogen (secondary N) is 1. The van der Waals surface area contributed by atoms with E-state index in [4.69, 9.17) is 10.5 Å². The molecule has 2 aromatic carbocycles. The van der Waals surface area contributed by atoms with Crippen molar-refractivity contribution in [3.05, 3.63) is 54.1 Å². The number of nitrogens with two attached hydrogens (primary N) is 1. The fourth-order valence-electron chi connectivity index (χ4n) is 1.56. The van der Waals surface area contributed by atoms with Gasteiger partial charge in [-0.15, -0.1) is 0 Å². The van der Waals surface area contributed by atoms with Gasteiger partial charge in [-0.1, -0.05) is 0 Å². The van der Waals surface area contributed by atoms with Crippen molar-refractivity contribution < 1.29 is 13.2 Å². The van der Waals surface area contributed by atoms with Crippen LogP contribution in [0.15, 0.2) is 58.5 Å². The van der Waals surface area contributed by atoms with E-state index in [2.05, 4.69) is 9.93 Å². The zero-order valence-electron chi connectivity index (χ0n) is 11.4. The van der Waals surface area contributed by atoms with Crippen LogP contribution in [0.4, 0.5) is 5.69 Å². The van der Waals surface area contributed by atoms with Crippen LogP contribution < -0.4 is 15.3 Å². The highest BCUT2D eigenvalue weighted by Gasteiger charge is 2.11. The van der Waals surface area contributed by atoms with Crippen LogP contribution in [0.25, 0.3) is 0 Å². The van der Waals surface area contributed by atoms with Gasteiger partial charge in [0.05, 0.1) is 18.2 Å². The van der Waals surface area contributed by atoms with Gasteiger partial charge in [0.25, 0.3) is 10.0 Å². The summed E-state index contributed by atoms with van der Waals surface area (Å²) in [5.41, 5.74) is 6.76. The Bertz CT molecular complexity index is 723. The van der Waals surface area contributed by atoms with Crippen molar-refractivity contribution in [1.29, 1.82) is 0 Å². The van der Waals surface area contributed by atoms with E-state index in [9.17, 15) is 8.42 Å². The zero-order valence-corrected chi connectivity index (χ0v) is 12.2. The quantitative estimate of drug-likeness (QED) is 0.498. The minimum absolute atomic E-state index is 0.101. The van der Waals surface area contributed by atoms with Gasteiger partial charge in [-0.25, -0.2) is 4.83 Å². The van der Waals surface area contributed by atoms with E-state index in [1.165, 1.54) is 30.5 Å². The van der Waals surface area contributed by atoms with Crippen LogP contribution in [0.3, 0.4) is 0 Å². The molecule has 0 radical (unpaired) electrons. The Balaban J connectivity index is 2.06. The highest BCUT2D eigenvalue weighted by Crippen LogP contribution is 2.12. The molecule has 2 aromatic rings. The van der Waals surface area contributed by atoms with E-state index in [1.807, 2.05) is 0 Å². The van der Waals surface area contributed by atoms with Crippen LogP contribution in [-0.2, 0) is 10.0 Å². The summed E-state index contributed by atoms with van der Waals surface area (Å²) < 4.78 is 28.9. The largest absolute Gasteiger partial charge is 0.497 e. The Labute approximate surface area is 123 Å². The van der Waals surface area contributed by atoms with Crippen molar-refractivity contribution in [3.8, 4) is 5.75 Å². The lowest BCUT2D eigenvalue weighted by atomic mass is 10.2. The molecule has 110 valence electrons. The summed E-state index contributed by atoms with van der Waals surface area (Å²) in [6.07, 6.45) is 1.41. The number of ether oxygens (including phenoxy) is 1. The minimum atomic E-state index is -3.69. The van der Waals surface area contributed by atoms with E-state index in [1.54, 1.807) is 31.4 Å². The number of nitrogen functional groups attached to an aromatic ring is 1. The van der Waals surface area contributed by atoms with Crippen molar-refractivity contribution >= 4 is 21.9 Å². The normalized spacial score (nSPS) is 11.5. The topological polar surface area (TPSA) is 93.8 Å². The lowest BCUT2D eigenvalue weighted by Gasteiger charge is -2.03. The molecule has 7 heteroatoms. The Morgan fingerprint density at radius 3 is 2.29 bits per heavy atom. The third-order valence-electron chi connectivity index (χ3n) is 2.69. The van der Waals surface area contributed by atoms with Gasteiger partial charge in [-0.2, -0.15) is 13.5 Å². The fourth-order valence-corrected chi connectivity index (χ4v) is 2.35. The van der Waals surface area contributed by atoms with Crippen molar-refractivity contribution in [2.24, 2.45) is 5.10 Å². The minimum Gasteiger partial charge on any atom is -0.497 e. The fraction of sp³-hybridized carbons (Fsp3) is 0.0714. The molecule has 0 heterocycles. The first-order chi connectivity index (χ1) is 10.0. The second-order valence-electron chi connectivity index (χ2n) is 4.20. The SMILES string of the molecule is COc1ccc(C=NNS(=O)(=O)c2ccc(N)cc2)cc1. The maximum Gasteiger partial charge on any atom is 0.276 e. The molecule has 21 heavy (non-hydrogen) atoms. The molecule has 0 aliphatic heterocycles. The lowest BCUT2D eigenvalue weighted by molar-refractivity contribution is 0.415. The van der Waals surface area contributed by atoms with Gasteiger partial charge in [0, 0.05) is 5.69 Å². The molecule has 0 aliphatic rings. The van der Waals surface area contributed by atoms with Crippen LogP contribution in [0.1, 0.15) is 5.56 Å². The highest BCUT2D eigenvalue weighted by molar-refractivity contribution is 7.89. The molecule has 0 fully saturated rings. The van der Waals surface area contributed by atoms with Crippen molar-refractivity contribution in [2.45, 2.75) is 4.90 Å². The van der Waals surface area contributed by atoms with Crippen molar-refractivity contribution in [3.63, 3.8) is 0 Å². The molecule has 3 N–H and O–H groups in total. The van der Waals surface area contributed by atoms with Gasteiger partial charge in [-0.3, -0.25) is 0 Å². The van der Waals surface area contributed by atoms with Crippen LogP contribution in [0, 0.1) is 0 Å². The summed E-state index contributed by atoms with van der Waals surface area (Å²) >= 11 is 0.